The van der Waals surface area contributed by atoms with Crippen molar-refractivity contribution in [3.05, 3.63) is 29.6 Å². The van der Waals surface area contributed by atoms with Crippen LogP contribution in [0.3, 0.4) is 0 Å². The molecule has 2 fully saturated rings. The molecule has 2 N–H and O–H groups in total. The summed E-state index contributed by atoms with van der Waals surface area (Å²) in [6.07, 6.45) is 2.27. The van der Waals surface area contributed by atoms with Crippen molar-refractivity contribution < 1.29 is 4.79 Å². The average Bonchev–Trinajstić information content (AvgIpc) is 2.91. The van der Waals surface area contributed by atoms with Crippen molar-refractivity contribution in [3.63, 3.8) is 0 Å². The lowest BCUT2D eigenvalue weighted by Gasteiger charge is -2.18. The van der Waals surface area contributed by atoms with Crippen LogP contribution in [0.2, 0.25) is 0 Å². The Balaban J connectivity index is 1.75. The van der Waals surface area contributed by atoms with Gasteiger partial charge in [0.1, 0.15) is 5.69 Å². The first-order valence-corrected chi connectivity index (χ1v) is 6.63. The topological polar surface area (TPSA) is 59.2 Å². The van der Waals surface area contributed by atoms with Gasteiger partial charge in [0.15, 0.2) is 0 Å². The number of pyridine rings is 1. The predicted octanol–water partition coefficient (Wildman–Crippen LogP) is 1.20. The third kappa shape index (κ3) is 1.90. The van der Waals surface area contributed by atoms with Crippen LogP contribution in [0.1, 0.15) is 29.0 Å². The molecule has 3 unspecified atom stereocenters. The smallest absolute Gasteiger partial charge is 0.272 e. The van der Waals surface area contributed by atoms with Gasteiger partial charge in [-0.2, -0.15) is 0 Å². The van der Waals surface area contributed by atoms with Crippen LogP contribution in [0.5, 0.6) is 0 Å². The number of nitrogens with zero attached hydrogens (tertiary/aromatic N) is 2. The van der Waals surface area contributed by atoms with Gasteiger partial charge in [0.05, 0.1) is 0 Å². The van der Waals surface area contributed by atoms with E-state index in [0.29, 0.717) is 17.5 Å². The number of hydrogen-bond acceptors (Lipinski definition) is 3. The monoisotopic (exact) mass is 245 g/mol. The van der Waals surface area contributed by atoms with Crippen LogP contribution in [-0.4, -0.2) is 34.9 Å². The standard InChI is InChI=1S/C14H19N3O/c1-9-3-2-4-13(16-9)14(18)17-7-10-5-6-12(15)11(10)8-17/h2-4,10-12H,5-8,15H2,1H3. The van der Waals surface area contributed by atoms with Crippen LogP contribution >= 0.6 is 0 Å². The van der Waals surface area contributed by atoms with Crippen molar-refractivity contribution in [1.29, 1.82) is 0 Å². The molecule has 96 valence electrons. The minimum atomic E-state index is 0.0558. The molecule has 2 aliphatic rings. The summed E-state index contributed by atoms with van der Waals surface area (Å²) in [5, 5.41) is 0. The normalized spacial score (nSPS) is 30.6. The second-order valence-electron chi connectivity index (χ2n) is 5.54. The number of aromatic nitrogens is 1. The van der Waals surface area contributed by atoms with E-state index in [4.69, 9.17) is 5.73 Å². The number of hydrogen-bond donors (Lipinski definition) is 1. The van der Waals surface area contributed by atoms with Gasteiger partial charge in [0.2, 0.25) is 0 Å². The number of aryl methyl sites for hydroxylation is 1. The van der Waals surface area contributed by atoms with E-state index >= 15 is 0 Å². The SMILES string of the molecule is Cc1cccc(C(=O)N2CC3CCC(N)C3C2)n1. The Morgan fingerprint density at radius 1 is 1.39 bits per heavy atom. The molecule has 0 spiro atoms. The van der Waals surface area contributed by atoms with Gasteiger partial charge in [0, 0.05) is 24.8 Å². The maximum absolute atomic E-state index is 12.4. The zero-order valence-electron chi connectivity index (χ0n) is 10.7. The average molecular weight is 245 g/mol. The zero-order chi connectivity index (χ0) is 12.7. The molecule has 3 rings (SSSR count). The minimum Gasteiger partial charge on any atom is -0.337 e. The van der Waals surface area contributed by atoms with Crippen LogP contribution in [0, 0.1) is 18.8 Å². The van der Waals surface area contributed by atoms with Crippen LogP contribution in [-0.2, 0) is 0 Å². The highest BCUT2D eigenvalue weighted by molar-refractivity contribution is 5.92. The molecule has 4 nitrogen and oxygen atoms in total. The molecule has 18 heavy (non-hydrogen) atoms. The van der Waals surface area contributed by atoms with Crippen LogP contribution < -0.4 is 5.73 Å². The van der Waals surface area contributed by atoms with Gasteiger partial charge in [-0.05, 0) is 43.7 Å². The van der Waals surface area contributed by atoms with Crippen LogP contribution in [0.25, 0.3) is 0 Å². The summed E-state index contributed by atoms with van der Waals surface area (Å²) in [6, 6.07) is 5.87. The number of amides is 1. The predicted molar refractivity (Wildman–Crippen MR) is 69.1 cm³/mol. The molecular formula is C14H19N3O. The first-order chi connectivity index (χ1) is 8.65. The lowest BCUT2D eigenvalue weighted by molar-refractivity contribution is 0.0773. The molecule has 2 heterocycles. The van der Waals surface area contributed by atoms with E-state index in [2.05, 4.69) is 4.98 Å². The highest BCUT2D eigenvalue weighted by Crippen LogP contribution is 2.37. The third-order valence-corrected chi connectivity index (χ3v) is 4.31. The molecule has 0 aromatic carbocycles. The van der Waals surface area contributed by atoms with E-state index in [9.17, 15) is 4.79 Å². The Labute approximate surface area is 107 Å². The van der Waals surface area contributed by atoms with Crippen LogP contribution in [0.15, 0.2) is 18.2 Å². The quantitative estimate of drug-likeness (QED) is 0.808. The number of rotatable bonds is 1. The van der Waals surface area contributed by atoms with Gasteiger partial charge >= 0.3 is 0 Å². The molecule has 1 aliphatic heterocycles. The minimum absolute atomic E-state index is 0.0558. The fourth-order valence-electron chi connectivity index (χ4n) is 3.30. The van der Waals surface area contributed by atoms with E-state index in [1.165, 1.54) is 0 Å². The molecule has 1 amide bonds. The molecular weight excluding hydrogens is 226 g/mol. The highest BCUT2D eigenvalue weighted by Gasteiger charge is 2.42. The summed E-state index contributed by atoms with van der Waals surface area (Å²) in [5.74, 6) is 1.16. The largest absolute Gasteiger partial charge is 0.337 e. The first kappa shape index (κ1) is 11.7. The second kappa shape index (κ2) is 4.35. The fraction of sp³-hybridized carbons (Fsp3) is 0.571. The summed E-state index contributed by atoms with van der Waals surface area (Å²) >= 11 is 0. The number of fused-ring (bicyclic) bond motifs is 1. The summed E-state index contributed by atoms with van der Waals surface area (Å²) in [6.45, 7) is 3.57. The molecule has 0 bridgehead atoms. The molecule has 0 radical (unpaired) electrons. The molecule has 1 aromatic rings. The summed E-state index contributed by atoms with van der Waals surface area (Å²) in [4.78, 5) is 18.6. The van der Waals surface area contributed by atoms with Crippen molar-refractivity contribution in [1.82, 2.24) is 9.88 Å². The van der Waals surface area contributed by atoms with Crippen molar-refractivity contribution in [2.45, 2.75) is 25.8 Å². The van der Waals surface area contributed by atoms with E-state index in [1.807, 2.05) is 24.0 Å². The summed E-state index contributed by atoms with van der Waals surface area (Å²) in [7, 11) is 0. The van der Waals surface area contributed by atoms with Gasteiger partial charge in [-0.1, -0.05) is 6.07 Å². The Hall–Kier alpha value is -1.42. The maximum atomic E-state index is 12.4. The molecule has 1 aliphatic carbocycles. The fourth-order valence-corrected chi connectivity index (χ4v) is 3.30. The van der Waals surface area contributed by atoms with E-state index in [-0.39, 0.29) is 11.9 Å². The number of nitrogens with two attached hydrogens (primary N) is 1. The summed E-state index contributed by atoms with van der Waals surface area (Å²) in [5.41, 5.74) is 7.54. The van der Waals surface area contributed by atoms with E-state index in [1.54, 1.807) is 6.07 Å². The van der Waals surface area contributed by atoms with E-state index in [0.717, 1.165) is 31.6 Å². The van der Waals surface area contributed by atoms with Gasteiger partial charge in [-0.25, -0.2) is 4.98 Å². The van der Waals surface area contributed by atoms with E-state index < -0.39 is 0 Å². The van der Waals surface area contributed by atoms with Crippen molar-refractivity contribution in [2.75, 3.05) is 13.1 Å². The van der Waals surface area contributed by atoms with Crippen molar-refractivity contribution in [3.8, 4) is 0 Å². The van der Waals surface area contributed by atoms with Crippen molar-refractivity contribution in [2.24, 2.45) is 17.6 Å². The van der Waals surface area contributed by atoms with Gasteiger partial charge in [-0.3, -0.25) is 4.79 Å². The molecule has 4 heteroatoms. The first-order valence-electron chi connectivity index (χ1n) is 6.63. The number of likely N-dealkylation sites (tertiary alicyclic amines) is 1. The highest BCUT2D eigenvalue weighted by atomic mass is 16.2. The lowest BCUT2D eigenvalue weighted by Crippen LogP contribution is -2.33. The molecule has 1 saturated heterocycles. The Morgan fingerprint density at radius 3 is 2.94 bits per heavy atom. The molecule has 1 aromatic heterocycles. The van der Waals surface area contributed by atoms with Gasteiger partial charge in [-0.15, -0.1) is 0 Å². The van der Waals surface area contributed by atoms with Gasteiger partial charge < -0.3 is 10.6 Å². The van der Waals surface area contributed by atoms with Crippen molar-refractivity contribution >= 4 is 5.91 Å². The zero-order valence-corrected chi connectivity index (χ0v) is 10.7. The Morgan fingerprint density at radius 2 is 2.22 bits per heavy atom. The third-order valence-electron chi connectivity index (χ3n) is 4.31. The maximum Gasteiger partial charge on any atom is 0.272 e. The lowest BCUT2D eigenvalue weighted by atomic mass is 9.98. The number of carbonyl (C=O) groups is 1. The molecule has 1 saturated carbocycles. The summed E-state index contributed by atoms with van der Waals surface area (Å²) < 4.78 is 0. The Bertz CT molecular complexity index is 474. The Kier molecular flexibility index (Phi) is 2.82. The molecule has 3 atom stereocenters. The second-order valence-corrected chi connectivity index (χ2v) is 5.54. The van der Waals surface area contributed by atoms with Crippen LogP contribution in [0.4, 0.5) is 0 Å². The number of carbonyl (C=O) groups excluding carboxylic acids is 1. The van der Waals surface area contributed by atoms with Gasteiger partial charge in [0.25, 0.3) is 5.91 Å².